The van der Waals surface area contributed by atoms with Crippen LogP contribution in [0.4, 0.5) is 14.5 Å². The molecular formula is C25H30F2N2O5. The highest BCUT2D eigenvalue weighted by Gasteiger charge is 2.51. The number of methoxy groups -OCH3 is 1. The van der Waals surface area contributed by atoms with E-state index in [1.807, 2.05) is 34.6 Å². The van der Waals surface area contributed by atoms with Crippen LogP contribution >= 0.6 is 0 Å². The van der Waals surface area contributed by atoms with Gasteiger partial charge in [-0.2, -0.15) is 4.39 Å². The molecule has 3 heterocycles. The number of hydrogen-bond acceptors (Lipinski definition) is 6. The molecule has 9 heteroatoms. The quantitative estimate of drug-likeness (QED) is 0.672. The van der Waals surface area contributed by atoms with Crippen LogP contribution in [0, 0.1) is 17.6 Å². The molecule has 4 unspecified atom stereocenters. The molecule has 1 amide bonds. The summed E-state index contributed by atoms with van der Waals surface area (Å²) < 4.78 is 51.1. The van der Waals surface area contributed by atoms with Gasteiger partial charge in [-0.05, 0) is 51.8 Å². The van der Waals surface area contributed by atoms with Crippen molar-refractivity contribution >= 4 is 11.6 Å². The van der Waals surface area contributed by atoms with Gasteiger partial charge in [-0.25, -0.2) is 4.39 Å². The van der Waals surface area contributed by atoms with Crippen molar-refractivity contribution in [3.05, 3.63) is 53.4 Å². The van der Waals surface area contributed by atoms with Crippen LogP contribution in [0.1, 0.15) is 57.9 Å². The van der Waals surface area contributed by atoms with Gasteiger partial charge < -0.3 is 24.3 Å². The molecule has 1 aromatic carbocycles. The van der Waals surface area contributed by atoms with Gasteiger partial charge >= 0.3 is 0 Å². The van der Waals surface area contributed by atoms with Crippen LogP contribution < -0.4 is 10.1 Å². The fourth-order valence-corrected chi connectivity index (χ4v) is 4.62. The number of pyridine rings is 1. The molecule has 1 N–H and O–H groups in total. The van der Waals surface area contributed by atoms with Gasteiger partial charge in [0.2, 0.25) is 5.82 Å². The maximum Gasteiger partial charge on any atom is 0.254 e. The van der Waals surface area contributed by atoms with Gasteiger partial charge in [0, 0.05) is 23.4 Å². The van der Waals surface area contributed by atoms with Crippen LogP contribution in [-0.2, 0) is 19.0 Å². The number of nitrogens with zero attached hydrogens (tertiary/aromatic N) is 1. The Balaban J connectivity index is 1.61. The molecule has 0 radical (unpaired) electrons. The van der Waals surface area contributed by atoms with Gasteiger partial charge in [0.25, 0.3) is 5.91 Å². The number of amides is 1. The average Bonchev–Trinajstić information content (AvgIpc) is 3.26. The Labute approximate surface area is 197 Å². The first-order valence-corrected chi connectivity index (χ1v) is 11.2. The number of carbonyl (C=O) groups excluding carboxylic acids is 1. The van der Waals surface area contributed by atoms with E-state index < -0.39 is 41.0 Å². The Morgan fingerprint density at radius 1 is 1.18 bits per heavy atom. The van der Waals surface area contributed by atoms with E-state index in [0.29, 0.717) is 23.6 Å². The first kappa shape index (κ1) is 24.5. The summed E-state index contributed by atoms with van der Waals surface area (Å²) >= 11 is 0. The number of aromatic nitrogens is 1. The molecule has 0 spiro atoms. The Hall–Kier alpha value is -2.62. The Bertz CT molecular complexity index is 1090. The second kappa shape index (κ2) is 8.87. The molecule has 7 nitrogen and oxygen atoms in total. The van der Waals surface area contributed by atoms with Crippen LogP contribution in [0.15, 0.2) is 30.5 Å². The van der Waals surface area contributed by atoms with Gasteiger partial charge in [-0.1, -0.05) is 13.0 Å². The Morgan fingerprint density at radius 3 is 2.56 bits per heavy atom. The van der Waals surface area contributed by atoms with Crippen molar-refractivity contribution in [2.75, 3.05) is 19.0 Å². The van der Waals surface area contributed by atoms with E-state index in [2.05, 4.69) is 10.3 Å². The van der Waals surface area contributed by atoms with Crippen molar-refractivity contribution in [1.29, 1.82) is 0 Å². The molecule has 34 heavy (non-hydrogen) atoms. The second-order valence-electron chi connectivity index (χ2n) is 9.72. The van der Waals surface area contributed by atoms with Gasteiger partial charge in [-0.3, -0.25) is 9.78 Å². The molecule has 2 aliphatic rings. The predicted octanol–water partition coefficient (Wildman–Crippen LogP) is 4.73. The minimum atomic E-state index is -1.09. The van der Waals surface area contributed by atoms with Gasteiger partial charge in [0.1, 0.15) is 12.2 Å². The van der Waals surface area contributed by atoms with E-state index in [4.69, 9.17) is 18.9 Å². The first-order valence-electron chi connectivity index (χ1n) is 11.2. The topological polar surface area (TPSA) is 78.9 Å². The Kier molecular flexibility index (Phi) is 6.39. The van der Waals surface area contributed by atoms with E-state index in [9.17, 15) is 13.6 Å². The minimum absolute atomic E-state index is 0.193. The highest BCUT2D eigenvalue weighted by Crippen LogP contribution is 2.49. The number of nitrogens with one attached hydrogen (secondary N) is 1. The highest BCUT2D eigenvalue weighted by atomic mass is 19.2. The van der Waals surface area contributed by atoms with E-state index >= 15 is 0 Å². The lowest BCUT2D eigenvalue weighted by atomic mass is 9.78. The fourth-order valence-electron chi connectivity index (χ4n) is 4.62. The van der Waals surface area contributed by atoms with Crippen molar-refractivity contribution < 1.29 is 32.5 Å². The smallest absolute Gasteiger partial charge is 0.254 e. The normalized spacial score (nSPS) is 27.5. The summed E-state index contributed by atoms with van der Waals surface area (Å²) in [6.45, 7) is 9.66. The number of benzene rings is 1. The number of rotatable bonds is 5. The largest absolute Gasteiger partial charge is 0.493 e. The van der Waals surface area contributed by atoms with Crippen LogP contribution in [0.3, 0.4) is 0 Å². The number of anilines is 1. The molecular weight excluding hydrogens is 446 g/mol. The number of ether oxygens (including phenoxy) is 4. The summed E-state index contributed by atoms with van der Waals surface area (Å²) in [4.78, 5) is 17.7. The fraction of sp³-hybridized carbons (Fsp3) is 0.520. The van der Waals surface area contributed by atoms with Gasteiger partial charge in [0.05, 0.1) is 25.0 Å². The average molecular weight is 477 g/mol. The maximum absolute atomic E-state index is 14.5. The van der Waals surface area contributed by atoms with Crippen LogP contribution in [0.25, 0.3) is 0 Å². The van der Waals surface area contributed by atoms with Gasteiger partial charge in [0.15, 0.2) is 17.4 Å². The van der Waals surface area contributed by atoms with Crippen molar-refractivity contribution in [2.45, 2.75) is 64.1 Å². The predicted molar refractivity (Wildman–Crippen MR) is 120 cm³/mol. The number of hydrogen-bond donors (Lipinski definition) is 1. The Morgan fingerprint density at radius 2 is 1.91 bits per heavy atom. The monoisotopic (exact) mass is 476 g/mol. The van der Waals surface area contributed by atoms with Crippen molar-refractivity contribution in [3.8, 4) is 5.75 Å². The highest BCUT2D eigenvalue weighted by molar-refractivity contribution is 5.95. The molecule has 1 aromatic heterocycles. The van der Waals surface area contributed by atoms with E-state index in [-0.39, 0.29) is 17.8 Å². The molecule has 4 rings (SSSR count). The van der Waals surface area contributed by atoms with Crippen LogP contribution in [-0.4, -0.2) is 42.1 Å². The molecule has 2 fully saturated rings. The lowest BCUT2D eigenvalue weighted by molar-refractivity contribution is -0.139. The van der Waals surface area contributed by atoms with E-state index in [1.165, 1.54) is 13.2 Å². The number of carbonyl (C=O) groups is 1. The molecule has 2 saturated heterocycles. The van der Waals surface area contributed by atoms with Crippen molar-refractivity contribution in [3.63, 3.8) is 0 Å². The molecule has 2 aromatic rings. The lowest BCUT2D eigenvalue weighted by Crippen LogP contribution is -2.33. The third-order valence-electron chi connectivity index (χ3n) is 6.68. The van der Waals surface area contributed by atoms with Crippen molar-refractivity contribution in [1.82, 2.24) is 4.98 Å². The molecule has 184 valence electrons. The summed E-state index contributed by atoms with van der Waals surface area (Å²) in [5.74, 6) is -4.19. The van der Waals surface area contributed by atoms with E-state index in [1.54, 1.807) is 18.3 Å². The van der Waals surface area contributed by atoms with E-state index in [0.717, 1.165) is 6.07 Å². The zero-order valence-corrected chi connectivity index (χ0v) is 20.1. The van der Waals surface area contributed by atoms with Crippen molar-refractivity contribution in [2.24, 2.45) is 5.92 Å². The summed E-state index contributed by atoms with van der Waals surface area (Å²) in [5.41, 5.74) is 0.837. The zero-order valence-electron chi connectivity index (χ0n) is 20.1. The third kappa shape index (κ3) is 4.52. The summed E-state index contributed by atoms with van der Waals surface area (Å²) in [7, 11) is 1.27. The lowest BCUT2D eigenvalue weighted by Gasteiger charge is -2.25. The molecule has 0 saturated carbocycles. The number of halogens is 2. The maximum atomic E-state index is 14.5. The molecule has 2 aliphatic heterocycles. The van der Waals surface area contributed by atoms with Crippen LogP contribution in [0.5, 0.6) is 5.75 Å². The summed E-state index contributed by atoms with van der Waals surface area (Å²) in [6, 6.07) is 5.89. The molecule has 0 aliphatic carbocycles. The second-order valence-corrected chi connectivity index (χ2v) is 9.72. The summed E-state index contributed by atoms with van der Waals surface area (Å²) in [5, 5.41) is 2.88. The molecule has 4 atom stereocenters. The minimum Gasteiger partial charge on any atom is -0.493 e. The SMILES string of the molecule is COc1c(C2C(C(=O)Nc3ccnc(C4COC(C)(C)O4)c3)OC(C)(C)C2C)ccc(F)c1F. The van der Waals surface area contributed by atoms with Crippen LogP contribution in [0.2, 0.25) is 0 Å². The zero-order chi connectivity index (χ0) is 24.8. The summed E-state index contributed by atoms with van der Waals surface area (Å²) in [6.07, 6.45) is 0.274. The standard InChI is InChI=1S/C25H30F2N2O5/c1-13-19(15-7-8-16(26)20(27)21(15)31-6)22(34-24(13,2)3)23(30)29-14-9-10-28-17(11-14)18-12-32-25(4,5)33-18/h7-11,13,18-19,22H,12H2,1-6H3,(H,28,29,30). The van der Waals surface area contributed by atoms with Gasteiger partial charge in [-0.15, -0.1) is 0 Å². The molecule has 0 bridgehead atoms. The third-order valence-corrected chi connectivity index (χ3v) is 6.68. The first-order chi connectivity index (χ1) is 15.9.